The van der Waals surface area contributed by atoms with Crippen LogP contribution in [0, 0.1) is 11.8 Å². The van der Waals surface area contributed by atoms with Gasteiger partial charge in [-0.25, -0.2) is 8.42 Å². The Morgan fingerprint density at radius 3 is 2.20 bits per heavy atom. The molecule has 0 aromatic heterocycles. The van der Waals surface area contributed by atoms with Gasteiger partial charge in [0.2, 0.25) is 10.0 Å². The average Bonchev–Trinajstić information content (AvgIpc) is 2.38. The van der Waals surface area contributed by atoms with Crippen molar-refractivity contribution in [3.05, 3.63) is 0 Å². The van der Waals surface area contributed by atoms with Crippen LogP contribution in [-0.4, -0.2) is 67.3 Å². The zero-order valence-electron chi connectivity index (χ0n) is 12.8. The summed E-state index contributed by atoms with van der Waals surface area (Å²) in [6, 6.07) is 0.206. The van der Waals surface area contributed by atoms with E-state index in [1.165, 1.54) is 6.26 Å². The number of rotatable bonds is 3. The topological polar surface area (TPSA) is 60.9 Å². The van der Waals surface area contributed by atoms with Crippen molar-refractivity contribution in [1.29, 1.82) is 0 Å². The largest absolute Gasteiger partial charge is 0.391 e. The maximum Gasteiger partial charge on any atom is 0.211 e. The quantitative estimate of drug-likeness (QED) is 0.836. The van der Waals surface area contributed by atoms with Gasteiger partial charge in [0, 0.05) is 32.2 Å². The lowest BCUT2D eigenvalue weighted by Gasteiger charge is -2.44. The van der Waals surface area contributed by atoms with E-state index in [-0.39, 0.29) is 12.1 Å². The number of aliphatic hydroxyl groups is 1. The van der Waals surface area contributed by atoms with Crippen molar-refractivity contribution in [2.75, 3.05) is 32.4 Å². The van der Waals surface area contributed by atoms with Crippen LogP contribution in [0.5, 0.6) is 0 Å². The highest BCUT2D eigenvalue weighted by molar-refractivity contribution is 7.88. The van der Waals surface area contributed by atoms with Crippen LogP contribution in [0.1, 0.15) is 33.1 Å². The number of aliphatic hydroxyl groups excluding tert-OH is 1. The Morgan fingerprint density at radius 1 is 1.10 bits per heavy atom. The molecule has 0 aromatic carbocycles. The normalized spacial score (nSPS) is 34.5. The Kier molecular flexibility index (Phi) is 5.10. The molecule has 0 amide bonds. The van der Waals surface area contributed by atoms with Gasteiger partial charge >= 0.3 is 0 Å². The van der Waals surface area contributed by atoms with E-state index < -0.39 is 10.0 Å². The van der Waals surface area contributed by atoms with Crippen LogP contribution < -0.4 is 0 Å². The summed E-state index contributed by atoms with van der Waals surface area (Å²) < 4.78 is 24.6. The number of piperazine rings is 1. The minimum atomic E-state index is -3.07. The van der Waals surface area contributed by atoms with E-state index in [1.54, 1.807) is 4.31 Å². The van der Waals surface area contributed by atoms with Crippen molar-refractivity contribution in [3.63, 3.8) is 0 Å². The predicted octanol–water partition coefficient (Wildman–Crippen LogP) is 0.749. The van der Waals surface area contributed by atoms with Gasteiger partial charge in [-0.3, -0.25) is 4.90 Å². The Bertz CT molecular complexity index is 416. The van der Waals surface area contributed by atoms with Crippen LogP contribution in [0.2, 0.25) is 0 Å². The maximum absolute atomic E-state index is 11.5. The molecule has 3 unspecified atom stereocenters. The number of hydrogen-bond acceptors (Lipinski definition) is 4. The van der Waals surface area contributed by atoms with Crippen LogP contribution in [0.4, 0.5) is 0 Å². The standard InChI is InChI=1S/C14H28N2O3S/c1-11(2)12-4-5-14(17)13(10-12)15-6-8-16(9-7-15)20(3,18)19/h11-14,17H,4-10H2,1-3H3. The summed E-state index contributed by atoms with van der Waals surface area (Å²) in [5, 5.41) is 10.3. The first kappa shape index (κ1) is 16.2. The highest BCUT2D eigenvalue weighted by Crippen LogP contribution is 2.33. The van der Waals surface area contributed by atoms with Gasteiger partial charge in [-0.2, -0.15) is 4.31 Å². The van der Waals surface area contributed by atoms with Crippen molar-refractivity contribution in [2.45, 2.75) is 45.3 Å². The molecule has 20 heavy (non-hydrogen) atoms. The molecule has 1 N–H and O–H groups in total. The minimum Gasteiger partial charge on any atom is -0.391 e. The molecule has 2 rings (SSSR count). The zero-order chi connectivity index (χ0) is 14.9. The summed E-state index contributed by atoms with van der Waals surface area (Å²) in [6.07, 6.45) is 4.04. The summed E-state index contributed by atoms with van der Waals surface area (Å²) in [5.74, 6) is 1.33. The second kappa shape index (κ2) is 6.30. The third-order valence-corrected chi connectivity index (χ3v) is 6.28. The van der Waals surface area contributed by atoms with Crippen molar-refractivity contribution >= 4 is 10.0 Å². The van der Waals surface area contributed by atoms with Crippen LogP contribution in [0.3, 0.4) is 0 Å². The third kappa shape index (κ3) is 3.72. The molecule has 0 spiro atoms. The lowest BCUT2D eigenvalue weighted by molar-refractivity contribution is -0.0152. The van der Waals surface area contributed by atoms with Crippen LogP contribution in [-0.2, 0) is 10.0 Å². The summed E-state index contributed by atoms with van der Waals surface area (Å²) in [7, 11) is -3.07. The molecule has 118 valence electrons. The predicted molar refractivity (Wildman–Crippen MR) is 80.0 cm³/mol. The van der Waals surface area contributed by atoms with Crippen LogP contribution in [0.15, 0.2) is 0 Å². The van der Waals surface area contributed by atoms with Crippen molar-refractivity contribution in [2.24, 2.45) is 11.8 Å². The van der Waals surface area contributed by atoms with E-state index in [0.29, 0.717) is 24.9 Å². The lowest BCUT2D eigenvalue weighted by atomic mass is 9.77. The van der Waals surface area contributed by atoms with Crippen molar-refractivity contribution in [3.8, 4) is 0 Å². The molecule has 0 aromatic rings. The molecule has 1 aliphatic carbocycles. The monoisotopic (exact) mass is 304 g/mol. The first-order valence-electron chi connectivity index (χ1n) is 7.66. The van der Waals surface area contributed by atoms with E-state index in [9.17, 15) is 13.5 Å². The number of sulfonamides is 1. The van der Waals surface area contributed by atoms with Crippen molar-refractivity contribution < 1.29 is 13.5 Å². The molecule has 1 saturated carbocycles. The van der Waals surface area contributed by atoms with Gasteiger partial charge in [-0.1, -0.05) is 13.8 Å². The fourth-order valence-corrected chi connectivity index (χ4v) is 4.35. The molecular formula is C14H28N2O3S. The van der Waals surface area contributed by atoms with E-state index in [4.69, 9.17) is 0 Å². The molecule has 2 fully saturated rings. The van der Waals surface area contributed by atoms with Gasteiger partial charge in [0.05, 0.1) is 12.4 Å². The molecular weight excluding hydrogens is 276 g/mol. The molecule has 5 nitrogen and oxygen atoms in total. The van der Waals surface area contributed by atoms with E-state index in [2.05, 4.69) is 18.7 Å². The second-order valence-corrected chi connectivity index (χ2v) is 8.63. The fourth-order valence-electron chi connectivity index (χ4n) is 3.53. The molecule has 1 saturated heterocycles. The Labute approximate surface area is 123 Å². The number of nitrogens with zero attached hydrogens (tertiary/aromatic N) is 2. The van der Waals surface area contributed by atoms with Gasteiger partial charge in [0.1, 0.15) is 0 Å². The summed E-state index contributed by atoms with van der Waals surface area (Å²) in [4.78, 5) is 2.29. The number of hydrogen-bond donors (Lipinski definition) is 1. The van der Waals surface area contributed by atoms with Gasteiger partial charge < -0.3 is 5.11 Å². The summed E-state index contributed by atoms with van der Waals surface area (Å²) >= 11 is 0. The first-order valence-corrected chi connectivity index (χ1v) is 9.51. The zero-order valence-corrected chi connectivity index (χ0v) is 13.6. The fraction of sp³-hybridized carbons (Fsp3) is 1.00. The molecule has 1 heterocycles. The Balaban J connectivity index is 1.95. The summed E-state index contributed by atoms with van der Waals surface area (Å²) in [6.45, 7) is 7.07. The van der Waals surface area contributed by atoms with Gasteiger partial charge in [0.25, 0.3) is 0 Å². The average molecular weight is 304 g/mol. The molecule has 1 aliphatic heterocycles. The lowest BCUT2D eigenvalue weighted by Crippen LogP contribution is -2.56. The molecule has 0 radical (unpaired) electrons. The second-order valence-electron chi connectivity index (χ2n) is 6.65. The molecule has 6 heteroatoms. The smallest absolute Gasteiger partial charge is 0.211 e. The van der Waals surface area contributed by atoms with Gasteiger partial charge in [0.15, 0.2) is 0 Å². The Hall–Kier alpha value is -0.170. The highest BCUT2D eigenvalue weighted by atomic mass is 32.2. The minimum absolute atomic E-state index is 0.206. The van der Waals surface area contributed by atoms with Crippen molar-refractivity contribution in [1.82, 2.24) is 9.21 Å². The first-order chi connectivity index (χ1) is 9.29. The van der Waals surface area contributed by atoms with E-state index in [0.717, 1.165) is 32.4 Å². The van der Waals surface area contributed by atoms with Crippen LogP contribution in [0.25, 0.3) is 0 Å². The molecule has 0 bridgehead atoms. The van der Waals surface area contributed by atoms with Gasteiger partial charge in [-0.05, 0) is 31.1 Å². The SMILES string of the molecule is CC(C)C1CCC(O)C(N2CCN(S(C)(=O)=O)CC2)C1. The molecule has 3 atom stereocenters. The van der Waals surface area contributed by atoms with E-state index in [1.807, 2.05) is 0 Å². The molecule has 2 aliphatic rings. The van der Waals surface area contributed by atoms with E-state index >= 15 is 0 Å². The maximum atomic E-state index is 11.5. The highest BCUT2D eigenvalue weighted by Gasteiger charge is 2.36. The third-order valence-electron chi connectivity index (χ3n) is 4.98. The summed E-state index contributed by atoms with van der Waals surface area (Å²) in [5.41, 5.74) is 0. The Morgan fingerprint density at radius 2 is 1.70 bits per heavy atom. The van der Waals surface area contributed by atoms with Crippen LogP contribution >= 0.6 is 0 Å². The van der Waals surface area contributed by atoms with Gasteiger partial charge in [-0.15, -0.1) is 0 Å².